The molecule has 2 rings (SSSR count). The first-order valence-corrected chi connectivity index (χ1v) is 4.51. The van der Waals surface area contributed by atoms with E-state index in [0.717, 1.165) is 0 Å². The van der Waals surface area contributed by atoms with Crippen molar-refractivity contribution in [1.29, 1.82) is 0 Å². The number of hydrogen-bond acceptors (Lipinski definition) is 1. The third-order valence-corrected chi connectivity index (χ3v) is 2.17. The van der Waals surface area contributed by atoms with E-state index in [4.69, 9.17) is 0 Å². The molecule has 1 unspecified atom stereocenters. The number of aromatic nitrogens is 1. The molecule has 1 aromatic heterocycles. The average molecular weight is 162 g/mol. The van der Waals surface area contributed by atoms with Crippen molar-refractivity contribution in [3.05, 3.63) is 36.7 Å². The molecule has 1 heterocycles. The van der Waals surface area contributed by atoms with Crippen molar-refractivity contribution in [2.24, 2.45) is 0 Å². The average Bonchev–Trinajstić information content (AvgIpc) is 2.59. The molecule has 12 heavy (non-hydrogen) atoms. The van der Waals surface area contributed by atoms with Gasteiger partial charge in [0.2, 0.25) is 0 Å². The van der Waals surface area contributed by atoms with Crippen molar-refractivity contribution >= 4 is 0 Å². The van der Waals surface area contributed by atoms with Crippen LogP contribution in [0.15, 0.2) is 36.7 Å². The Labute approximate surface area is 72.9 Å². The molecule has 1 aromatic rings. The summed E-state index contributed by atoms with van der Waals surface area (Å²) in [6.45, 7) is 0. The van der Waals surface area contributed by atoms with Crippen molar-refractivity contribution in [1.82, 2.24) is 4.68 Å². The Hall–Kier alpha value is -1.18. The van der Waals surface area contributed by atoms with E-state index in [-0.39, 0.29) is 0 Å². The maximum atomic E-state index is 3.39. The molecular formula is C10H14N2. The largest absolute Gasteiger partial charge is 0.320 e. The van der Waals surface area contributed by atoms with Crippen LogP contribution in [-0.4, -0.2) is 10.7 Å². The van der Waals surface area contributed by atoms with Gasteiger partial charge in [0, 0.05) is 12.4 Å². The second-order valence-corrected chi connectivity index (χ2v) is 3.18. The molecule has 1 aliphatic carbocycles. The molecule has 0 saturated carbocycles. The van der Waals surface area contributed by atoms with Crippen LogP contribution in [0.25, 0.3) is 0 Å². The van der Waals surface area contributed by atoms with Crippen molar-refractivity contribution in [3.8, 4) is 0 Å². The lowest BCUT2D eigenvalue weighted by Crippen LogP contribution is -2.26. The fourth-order valence-electron chi connectivity index (χ4n) is 1.53. The molecule has 0 saturated heterocycles. The van der Waals surface area contributed by atoms with E-state index in [1.807, 2.05) is 29.2 Å². The van der Waals surface area contributed by atoms with Crippen LogP contribution in [-0.2, 0) is 0 Å². The maximum absolute atomic E-state index is 3.39. The van der Waals surface area contributed by atoms with Gasteiger partial charge in [-0.25, -0.2) is 0 Å². The normalized spacial score (nSPS) is 22.5. The van der Waals surface area contributed by atoms with E-state index in [9.17, 15) is 0 Å². The number of rotatable bonds is 2. The predicted molar refractivity (Wildman–Crippen MR) is 50.6 cm³/mol. The molecule has 64 valence electrons. The maximum Gasteiger partial charge on any atom is 0.0604 e. The highest BCUT2D eigenvalue weighted by Gasteiger charge is 2.06. The zero-order valence-corrected chi connectivity index (χ0v) is 7.11. The SMILES string of the molecule is C1=CC(Nn2cccc2)CCC1. The van der Waals surface area contributed by atoms with E-state index in [2.05, 4.69) is 17.6 Å². The van der Waals surface area contributed by atoms with E-state index in [0.29, 0.717) is 6.04 Å². The highest BCUT2D eigenvalue weighted by Crippen LogP contribution is 2.10. The van der Waals surface area contributed by atoms with Crippen LogP contribution < -0.4 is 5.43 Å². The van der Waals surface area contributed by atoms with Gasteiger partial charge < -0.3 is 5.43 Å². The molecule has 0 amide bonds. The van der Waals surface area contributed by atoms with Crippen LogP contribution in [0.2, 0.25) is 0 Å². The summed E-state index contributed by atoms with van der Waals surface area (Å²) in [7, 11) is 0. The lowest BCUT2D eigenvalue weighted by Gasteiger charge is -2.19. The fourth-order valence-corrected chi connectivity index (χ4v) is 1.53. The van der Waals surface area contributed by atoms with Crippen LogP contribution in [0.4, 0.5) is 0 Å². The molecule has 2 nitrogen and oxygen atoms in total. The molecule has 0 bridgehead atoms. The Kier molecular flexibility index (Phi) is 2.16. The van der Waals surface area contributed by atoms with E-state index in [1.54, 1.807) is 0 Å². The predicted octanol–water partition coefficient (Wildman–Crippen LogP) is 2.14. The van der Waals surface area contributed by atoms with Crippen LogP contribution >= 0.6 is 0 Å². The highest BCUT2D eigenvalue weighted by molar-refractivity contribution is 5.05. The highest BCUT2D eigenvalue weighted by atomic mass is 15.4. The van der Waals surface area contributed by atoms with Crippen molar-refractivity contribution in [2.45, 2.75) is 25.3 Å². The molecular weight excluding hydrogens is 148 g/mol. The van der Waals surface area contributed by atoms with Crippen LogP contribution in [0.3, 0.4) is 0 Å². The third kappa shape index (κ3) is 1.70. The van der Waals surface area contributed by atoms with Gasteiger partial charge in [-0.15, -0.1) is 0 Å². The van der Waals surface area contributed by atoms with E-state index in [1.165, 1.54) is 19.3 Å². The lowest BCUT2D eigenvalue weighted by atomic mass is 10.0. The van der Waals surface area contributed by atoms with Gasteiger partial charge in [-0.2, -0.15) is 0 Å². The Morgan fingerprint density at radius 1 is 1.25 bits per heavy atom. The first kappa shape index (κ1) is 7.47. The fraction of sp³-hybridized carbons (Fsp3) is 0.400. The molecule has 1 atom stereocenters. The number of allylic oxidation sites excluding steroid dienone is 1. The Balaban J connectivity index is 1.94. The van der Waals surface area contributed by atoms with Crippen molar-refractivity contribution < 1.29 is 0 Å². The Morgan fingerprint density at radius 3 is 2.75 bits per heavy atom. The van der Waals surface area contributed by atoms with E-state index >= 15 is 0 Å². The second kappa shape index (κ2) is 3.48. The number of hydrogen-bond donors (Lipinski definition) is 1. The summed E-state index contributed by atoms with van der Waals surface area (Å²) in [6, 6.07) is 4.57. The summed E-state index contributed by atoms with van der Waals surface area (Å²) >= 11 is 0. The number of nitrogens with one attached hydrogen (secondary N) is 1. The summed E-state index contributed by atoms with van der Waals surface area (Å²) in [4.78, 5) is 0. The summed E-state index contributed by atoms with van der Waals surface area (Å²) < 4.78 is 2.01. The third-order valence-electron chi connectivity index (χ3n) is 2.17. The first-order valence-electron chi connectivity index (χ1n) is 4.51. The van der Waals surface area contributed by atoms with Crippen LogP contribution in [0.1, 0.15) is 19.3 Å². The standard InChI is InChI=1S/C10H14N2/c1-2-6-10(7-3-1)11-12-8-4-5-9-12/h2,4-6,8-11H,1,3,7H2. The Morgan fingerprint density at radius 2 is 2.08 bits per heavy atom. The second-order valence-electron chi connectivity index (χ2n) is 3.18. The molecule has 0 radical (unpaired) electrons. The molecule has 2 heteroatoms. The van der Waals surface area contributed by atoms with Gasteiger partial charge in [0.05, 0.1) is 6.04 Å². The minimum atomic E-state index is 0.520. The minimum Gasteiger partial charge on any atom is -0.320 e. The summed E-state index contributed by atoms with van der Waals surface area (Å²) in [6.07, 6.45) is 12.4. The summed E-state index contributed by atoms with van der Waals surface area (Å²) in [5, 5.41) is 0. The molecule has 0 fully saturated rings. The Bertz CT molecular complexity index is 249. The topological polar surface area (TPSA) is 17.0 Å². The van der Waals surface area contributed by atoms with Crippen molar-refractivity contribution in [2.75, 3.05) is 5.43 Å². The van der Waals surface area contributed by atoms with Gasteiger partial charge in [0.1, 0.15) is 0 Å². The molecule has 0 aliphatic heterocycles. The lowest BCUT2D eigenvalue weighted by molar-refractivity contribution is 0.623. The molecule has 1 N–H and O–H groups in total. The summed E-state index contributed by atoms with van der Waals surface area (Å²) in [5.74, 6) is 0. The zero-order chi connectivity index (χ0) is 8.23. The molecule has 0 spiro atoms. The van der Waals surface area contributed by atoms with Crippen molar-refractivity contribution in [3.63, 3.8) is 0 Å². The van der Waals surface area contributed by atoms with Gasteiger partial charge in [0.25, 0.3) is 0 Å². The van der Waals surface area contributed by atoms with Crippen LogP contribution in [0.5, 0.6) is 0 Å². The zero-order valence-electron chi connectivity index (χ0n) is 7.11. The van der Waals surface area contributed by atoms with E-state index < -0.39 is 0 Å². The van der Waals surface area contributed by atoms with Gasteiger partial charge in [-0.1, -0.05) is 12.2 Å². The molecule has 0 aromatic carbocycles. The quantitative estimate of drug-likeness (QED) is 0.659. The van der Waals surface area contributed by atoms with Gasteiger partial charge >= 0.3 is 0 Å². The minimum absolute atomic E-state index is 0.520. The molecule has 1 aliphatic rings. The first-order chi connectivity index (χ1) is 5.95. The summed E-state index contributed by atoms with van der Waals surface area (Å²) in [5.41, 5.74) is 3.39. The monoisotopic (exact) mass is 162 g/mol. The number of nitrogens with zero attached hydrogens (tertiary/aromatic N) is 1. The smallest absolute Gasteiger partial charge is 0.0604 e. The van der Waals surface area contributed by atoms with Crippen LogP contribution in [0, 0.1) is 0 Å². The van der Waals surface area contributed by atoms with Gasteiger partial charge in [-0.05, 0) is 31.4 Å². The van der Waals surface area contributed by atoms with Gasteiger partial charge in [0.15, 0.2) is 0 Å². The van der Waals surface area contributed by atoms with Gasteiger partial charge in [-0.3, -0.25) is 4.68 Å².